The summed E-state index contributed by atoms with van der Waals surface area (Å²) in [5.74, 6) is 0.191. The van der Waals surface area contributed by atoms with Crippen LogP contribution in [0.1, 0.15) is 6.42 Å². The van der Waals surface area contributed by atoms with Crippen molar-refractivity contribution in [3.63, 3.8) is 0 Å². The van der Waals surface area contributed by atoms with Crippen molar-refractivity contribution >= 4 is 34.2 Å². The molecule has 62 valence electrons. The second-order valence-corrected chi connectivity index (χ2v) is 3.48. The monoisotopic (exact) mass is 267 g/mol. The highest BCUT2D eigenvalue weighted by Gasteiger charge is 2.45. The van der Waals surface area contributed by atoms with E-state index in [1.54, 1.807) is 0 Å². The lowest BCUT2D eigenvalue weighted by molar-refractivity contribution is -0.122. The molecule has 11 heavy (non-hydrogen) atoms. The van der Waals surface area contributed by atoms with Crippen LogP contribution in [-0.2, 0) is 9.59 Å². The molecule has 1 fully saturated rings. The second kappa shape index (κ2) is 3.62. The Bertz CT molecular complexity index is 173. The largest absolute Gasteiger partial charge is 0.324 e. The molecule has 1 rings (SSSR count). The average Bonchev–Trinajstić information content (AvgIpc) is 2.80. The van der Waals surface area contributed by atoms with E-state index < -0.39 is 0 Å². The summed E-state index contributed by atoms with van der Waals surface area (Å²) < 4.78 is 0.511. The van der Waals surface area contributed by atoms with Crippen LogP contribution in [0.3, 0.4) is 0 Å². The molecule has 0 bridgehead atoms. The molecule has 0 aromatic heterocycles. The molecule has 0 aromatic carbocycles. The van der Waals surface area contributed by atoms with Crippen LogP contribution in [0.5, 0.6) is 0 Å². The normalized spacial score (nSPS) is 28.2. The van der Waals surface area contributed by atoms with Crippen molar-refractivity contribution in [2.75, 3.05) is 11.0 Å². The predicted molar refractivity (Wildman–Crippen MR) is 49.6 cm³/mol. The number of carbonyl (C=O) groups is 2. The van der Waals surface area contributed by atoms with Gasteiger partial charge in [-0.15, -0.1) is 0 Å². The highest BCUT2D eigenvalue weighted by Crippen LogP contribution is 2.39. The number of nitrogens with two attached hydrogens (primary N) is 1. The van der Waals surface area contributed by atoms with E-state index in [-0.39, 0.29) is 29.9 Å². The third kappa shape index (κ3) is 1.99. The van der Waals surface area contributed by atoms with Crippen molar-refractivity contribution in [1.82, 2.24) is 0 Å². The van der Waals surface area contributed by atoms with E-state index in [0.717, 1.165) is 6.42 Å². The van der Waals surface area contributed by atoms with E-state index in [9.17, 15) is 9.59 Å². The van der Waals surface area contributed by atoms with E-state index in [0.29, 0.717) is 4.43 Å². The predicted octanol–water partition coefficient (Wildman–Crippen LogP) is 0.154. The standard InChI is InChI=1S/C7H10INO2/c8-2-6(10)4-1-5(4)7(11)3-9/h4-5H,1-3,9H2. The minimum absolute atomic E-state index is 0.00273. The lowest BCUT2D eigenvalue weighted by atomic mass is 10.2. The molecule has 0 heterocycles. The SMILES string of the molecule is NCC(=O)C1CC1C(=O)CI. The Morgan fingerprint density at radius 3 is 2.36 bits per heavy atom. The zero-order chi connectivity index (χ0) is 8.43. The summed E-state index contributed by atoms with van der Waals surface area (Å²) in [7, 11) is 0. The molecule has 1 aliphatic rings. The summed E-state index contributed by atoms with van der Waals surface area (Å²) in [6.07, 6.45) is 0.734. The van der Waals surface area contributed by atoms with Gasteiger partial charge >= 0.3 is 0 Å². The highest BCUT2D eigenvalue weighted by molar-refractivity contribution is 14.1. The first kappa shape index (κ1) is 9.12. The van der Waals surface area contributed by atoms with Crippen molar-refractivity contribution < 1.29 is 9.59 Å². The number of ketones is 2. The van der Waals surface area contributed by atoms with Gasteiger partial charge in [-0.1, -0.05) is 22.6 Å². The maximum atomic E-state index is 11.0. The number of halogens is 1. The summed E-state index contributed by atoms with van der Waals surface area (Å²) in [6.45, 7) is 0.0791. The molecular formula is C7H10INO2. The number of alkyl halides is 1. The first-order valence-electron chi connectivity index (χ1n) is 3.52. The zero-order valence-electron chi connectivity index (χ0n) is 6.05. The van der Waals surface area contributed by atoms with Crippen molar-refractivity contribution in [2.45, 2.75) is 6.42 Å². The van der Waals surface area contributed by atoms with Gasteiger partial charge in [0.1, 0.15) is 11.6 Å². The molecule has 2 atom stereocenters. The first-order chi connectivity index (χ1) is 5.20. The van der Waals surface area contributed by atoms with E-state index in [4.69, 9.17) is 5.73 Å². The Morgan fingerprint density at radius 2 is 1.91 bits per heavy atom. The lowest BCUT2D eigenvalue weighted by Crippen LogP contribution is -2.18. The first-order valence-corrected chi connectivity index (χ1v) is 5.04. The molecule has 1 aliphatic carbocycles. The fourth-order valence-electron chi connectivity index (χ4n) is 1.16. The fraction of sp³-hybridized carbons (Fsp3) is 0.714. The van der Waals surface area contributed by atoms with Crippen LogP contribution in [-0.4, -0.2) is 22.5 Å². The minimum Gasteiger partial charge on any atom is -0.324 e. The van der Waals surface area contributed by atoms with Gasteiger partial charge in [0.05, 0.1) is 11.0 Å². The van der Waals surface area contributed by atoms with E-state index in [1.165, 1.54) is 0 Å². The summed E-state index contributed by atoms with van der Waals surface area (Å²) >= 11 is 2.02. The van der Waals surface area contributed by atoms with Gasteiger partial charge in [-0.2, -0.15) is 0 Å². The highest BCUT2D eigenvalue weighted by atomic mass is 127. The van der Waals surface area contributed by atoms with Crippen molar-refractivity contribution in [2.24, 2.45) is 17.6 Å². The number of hydrogen-bond acceptors (Lipinski definition) is 3. The van der Waals surface area contributed by atoms with Crippen LogP contribution in [0.25, 0.3) is 0 Å². The van der Waals surface area contributed by atoms with Gasteiger partial charge in [0, 0.05) is 11.8 Å². The van der Waals surface area contributed by atoms with Crippen LogP contribution < -0.4 is 5.73 Å². The number of Topliss-reactive ketones (excluding diaryl/α,β-unsaturated/α-hetero) is 2. The van der Waals surface area contributed by atoms with E-state index >= 15 is 0 Å². The average molecular weight is 267 g/mol. The van der Waals surface area contributed by atoms with Gasteiger partial charge < -0.3 is 5.73 Å². The van der Waals surface area contributed by atoms with Gasteiger partial charge in [-0.05, 0) is 6.42 Å². The Balaban J connectivity index is 2.37. The third-order valence-electron chi connectivity index (χ3n) is 1.95. The van der Waals surface area contributed by atoms with Gasteiger partial charge in [0.15, 0.2) is 0 Å². The molecule has 0 radical (unpaired) electrons. The number of hydrogen-bond donors (Lipinski definition) is 1. The summed E-state index contributed by atoms with van der Waals surface area (Å²) in [6, 6.07) is 0. The molecule has 0 saturated heterocycles. The van der Waals surface area contributed by atoms with E-state index in [1.807, 2.05) is 22.6 Å². The molecule has 4 heteroatoms. The van der Waals surface area contributed by atoms with Gasteiger partial charge in [-0.25, -0.2) is 0 Å². The van der Waals surface area contributed by atoms with Crippen molar-refractivity contribution in [3.05, 3.63) is 0 Å². The molecule has 1 saturated carbocycles. The molecule has 2 unspecified atom stereocenters. The summed E-state index contributed by atoms with van der Waals surface area (Å²) in [5.41, 5.74) is 5.15. The Hall–Kier alpha value is 0.0300. The van der Waals surface area contributed by atoms with Crippen LogP contribution in [0.15, 0.2) is 0 Å². The maximum Gasteiger partial charge on any atom is 0.150 e. The lowest BCUT2D eigenvalue weighted by Gasteiger charge is -1.92. The molecule has 2 N–H and O–H groups in total. The summed E-state index contributed by atoms with van der Waals surface area (Å²) in [5, 5.41) is 0. The van der Waals surface area contributed by atoms with Crippen LogP contribution in [0.4, 0.5) is 0 Å². The van der Waals surface area contributed by atoms with E-state index in [2.05, 4.69) is 0 Å². The third-order valence-corrected chi connectivity index (χ3v) is 2.70. The van der Waals surface area contributed by atoms with Gasteiger partial charge in [0.25, 0.3) is 0 Å². The van der Waals surface area contributed by atoms with Crippen molar-refractivity contribution in [3.8, 4) is 0 Å². The fourth-order valence-corrected chi connectivity index (χ4v) is 1.72. The molecular weight excluding hydrogens is 257 g/mol. The smallest absolute Gasteiger partial charge is 0.150 e. The quantitative estimate of drug-likeness (QED) is 0.582. The van der Waals surface area contributed by atoms with Crippen LogP contribution in [0.2, 0.25) is 0 Å². The number of rotatable bonds is 4. The Kier molecular flexibility index (Phi) is 3.00. The molecule has 0 aromatic rings. The zero-order valence-corrected chi connectivity index (χ0v) is 8.21. The van der Waals surface area contributed by atoms with Crippen LogP contribution >= 0.6 is 22.6 Å². The Morgan fingerprint density at radius 1 is 1.36 bits per heavy atom. The maximum absolute atomic E-state index is 11.0. The summed E-state index contributed by atoms with van der Waals surface area (Å²) in [4.78, 5) is 21.9. The minimum atomic E-state index is -0.0396. The molecule has 0 amide bonds. The molecule has 0 spiro atoms. The van der Waals surface area contributed by atoms with Crippen molar-refractivity contribution in [1.29, 1.82) is 0 Å². The molecule has 0 aliphatic heterocycles. The Labute approximate surface area is 78.8 Å². The number of carbonyl (C=O) groups excluding carboxylic acids is 2. The van der Waals surface area contributed by atoms with Gasteiger partial charge in [-0.3, -0.25) is 9.59 Å². The topological polar surface area (TPSA) is 60.2 Å². The van der Waals surface area contributed by atoms with Gasteiger partial charge in [0.2, 0.25) is 0 Å². The van der Waals surface area contributed by atoms with Crippen LogP contribution in [0, 0.1) is 11.8 Å². The molecule has 3 nitrogen and oxygen atoms in total. The second-order valence-electron chi connectivity index (χ2n) is 2.72.